The molecule has 0 atom stereocenters. The van der Waals surface area contributed by atoms with Crippen LogP contribution in [0, 0.1) is 0 Å². The molecule has 0 aromatic carbocycles. The molecule has 0 radical (unpaired) electrons. The lowest BCUT2D eigenvalue weighted by Crippen LogP contribution is -2.31. The molecule has 116 valence electrons. The second kappa shape index (κ2) is 7.22. The van der Waals surface area contributed by atoms with Crippen molar-refractivity contribution in [2.45, 2.75) is 32.1 Å². The van der Waals surface area contributed by atoms with Gasteiger partial charge in [0, 0.05) is 26.2 Å². The minimum atomic E-state index is 0.272. The zero-order valence-corrected chi connectivity index (χ0v) is 13.1. The summed E-state index contributed by atoms with van der Waals surface area (Å²) in [6, 6.07) is 0. The number of nitrogens with one attached hydrogen (secondary N) is 1. The van der Waals surface area contributed by atoms with Gasteiger partial charge in [-0.15, -0.1) is 0 Å². The van der Waals surface area contributed by atoms with Gasteiger partial charge in [-0.1, -0.05) is 0 Å². The number of hydrogen-bond donors (Lipinski definition) is 1. The third-order valence-electron chi connectivity index (χ3n) is 4.15. The average molecular weight is 311 g/mol. The van der Waals surface area contributed by atoms with Crippen LogP contribution in [0.5, 0.6) is 0 Å². The lowest BCUT2D eigenvalue weighted by atomic mass is 10.1. The monoisotopic (exact) mass is 310 g/mol. The number of nitrogens with zero attached hydrogens (tertiary/aromatic N) is 5. The van der Waals surface area contributed by atoms with Gasteiger partial charge in [-0.25, -0.2) is 0 Å². The van der Waals surface area contributed by atoms with E-state index >= 15 is 0 Å². The SMILES string of the molecule is Clc1nc(NCCN2CCCC2)nc(N2CCCCC2)n1. The first-order valence-electron chi connectivity index (χ1n) is 7.94. The molecule has 1 aromatic heterocycles. The first kappa shape index (κ1) is 14.8. The van der Waals surface area contributed by atoms with E-state index in [0.29, 0.717) is 11.9 Å². The summed E-state index contributed by atoms with van der Waals surface area (Å²) < 4.78 is 0. The lowest BCUT2D eigenvalue weighted by molar-refractivity contribution is 0.352. The third-order valence-corrected chi connectivity index (χ3v) is 4.31. The average Bonchev–Trinajstić information content (AvgIpc) is 3.01. The zero-order valence-electron chi connectivity index (χ0n) is 12.4. The van der Waals surface area contributed by atoms with Gasteiger partial charge in [0.1, 0.15) is 0 Å². The molecule has 6 nitrogen and oxygen atoms in total. The summed E-state index contributed by atoms with van der Waals surface area (Å²) in [4.78, 5) is 17.6. The smallest absolute Gasteiger partial charge is 0.231 e. The molecule has 21 heavy (non-hydrogen) atoms. The topological polar surface area (TPSA) is 57.2 Å². The highest BCUT2D eigenvalue weighted by molar-refractivity contribution is 6.28. The summed E-state index contributed by atoms with van der Waals surface area (Å²) in [6.07, 6.45) is 6.31. The molecule has 2 saturated heterocycles. The molecule has 0 amide bonds. The molecule has 3 heterocycles. The van der Waals surface area contributed by atoms with Crippen LogP contribution >= 0.6 is 11.6 Å². The Bertz CT molecular complexity index is 457. The van der Waals surface area contributed by atoms with Crippen LogP contribution < -0.4 is 10.2 Å². The molecule has 0 bridgehead atoms. The molecule has 0 saturated carbocycles. The Morgan fingerprint density at radius 3 is 2.38 bits per heavy atom. The first-order valence-corrected chi connectivity index (χ1v) is 8.32. The van der Waals surface area contributed by atoms with Crippen molar-refractivity contribution in [2.75, 3.05) is 49.5 Å². The number of anilines is 2. The Balaban J connectivity index is 1.57. The van der Waals surface area contributed by atoms with Crippen LogP contribution in [0.3, 0.4) is 0 Å². The van der Waals surface area contributed by atoms with E-state index in [1.54, 1.807) is 0 Å². The number of likely N-dealkylation sites (tertiary alicyclic amines) is 1. The zero-order chi connectivity index (χ0) is 14.5. The first-order chi connectivity index (χ1) is 10.3. The van der Waals surface area contributed by atoms with E-state index in [0.717, 1.165) is 26.2 Å². The van der Waals surface area contributed by atoms with Crippen molar-refractivity contribution >= 4 is 23.5 Å². The van der Waals surface area contributed by atoms with E-state index in [1.807, 2.05) is 0 Å². The van der Waals surface area contributed by atoms with Crippen molar-refractivity contribution in [1.29, 1.82) is 0 Å². The van der Waals surface area contributed by atoms with E-state index in [9.17, 15) is 0 Å². The normalized spacial score (nSPS) is 20.0. The lowest BCUT2D eigenvalue weighted by Gasteiger charge is -2.26. The van der Waals surface area contributed by atoms with Gasteiger partial charge < -0.3 is 15.1 Å². The highest BCUT2D eigenvalue weighted by Crippen LogP contribution is 2.18. The summed E-state index contributed by atoms with van der Waals surface area (Å²) in [5, 5.41) is 3.55. The van der Waals surface area contributed by atoms with E-state index in [1.165, 1.54) is 45.2 Å². The van der Waals surface area contributed by atoms with E-state index in [4.69, 9.17) is 11.6 Å². The predicted molar refractivity (Wildman–Crippen MR) is 85.1 cm³/mol. The van der Waals surface area contributed by atoms with Crippen LogP contribution in [0.25, 0.3) is 0 Å². The maximum absolute atomic E-state index is 6.04. The van der Waals surface area contributed by atoms with Gasteiger partial charge in [0.15, 0.2) is 0 Å². The van der Waals surface area contributed by atoms with Gasteiger partial charge >= 0.3 is 0 Å². The molecule has 0 spiro atoms. The number of rotatable bonds is 5. The van der Waals surface area contributed by atoms with Crippen molar-refractivity contribution in [1.82, 2.24) is 19.9 Å². The Kier molecular flexibility index (Phi) is 5.08. The van der Waals surface area contributed by atoms with E-state index < -0.39 is 0 Å². The molecule has 7 heteroatoms. The largest absolute Gasteiger partial charge is 0.353 e. The minimum Gasteiger partial charge on any atom is -0.353 e. The Morgan fingerprint density at radius 2 is 1.62 bits per heavy atom. The molecule has 2 fully saturated rings. The van der Waals surface area contributed by atoms with Crippen LogP contribution in [0.1, 0.15) is 32.1 Å². The van der Waals surface area contributed by atoms with Crippen LogP contribution in [-0.2, 0) is 0 Å². The number of piperidine rings is 1. The molecule has 2 aliphatic heterocycles. The molecular formula is C14H23ClN6. The van der Waals surface area contributed by atoms with Crippen molar-refractivity contribution in [2.24, 2.45) is 0 Å². The van der Waals surface area contributed by atoms with Crippen LogP contribution in [-0.4, -0.2) is 59.1 Å². The number of hydrogen-bond acceptors (Lipinski definition) is 6. The van der Waals surface area contributed by atoms with Gasteiger partial charge in [0.25, 0.3) is 0 Å². The van der Waals surface area contributed by atoms with Gasteiger partial charge in [0.05, 0.1) is 0 Å². The molecule has 0 unspecified atom stereocenters. The van der Waals surface area contributed by atoms with Gasteiger partial charge in [-0.05, 0) is 56.8 Å². The predicted octanol–water partition coefficient (Wildman–Crippen LogP) is 2.02. The molecule has 1 aromatic rings. The Labute approximate surface area is 130 Å². The number of halogens is 1. The van der Waals surface area contributed by atoms with E-state index in [-0.39, 0.29) is 5.28 Å². The summed E-state index contributed by atoms with van der Waals surface area (Å²) in [6.45, 7) is 6.31. The maximum Gasteiger partial charge on any atom is 0.231 e. The summed E-state index contributed by atoms with van der Waals surface area (Å²) in [5.41, 5.74) is 0. The van der Waals surface area contributed by atoms with Crippen molar-refractivity contribution < 1.29 is 0 Å². The second-order valence-electron chi connectivity index (χ2n) is 5.75. The molecule has 0 aliphatic carbocycles. The maximum atomic E-state index is 6.04. The fourth-order valence-corrected chi connectivity index (χ4v) is 3.14. The van der Waals surface area contributed by atoms with Crippen molar-refractivity contribution in [3.8, 4) is 0 Å². The minimum absolute atomic E-state index is 0.272. The fourth-order valence-electron chi connectivity index (χ4n) is 2.99. The van der Waals surface area contributed by atoms with Gasteiger partial charge in [-0.3, -0.25) is 0 Å². The van der Waals surface area contributed by atoms with Crippen LogP contribution in [0.15, 0.2) is 0 Å². The van der Waals surface area contributed by atoms with Crippen molar-refractivity contribution in [3.05, 3.63) is 5.28 Å². The second-order valence-corrected chi connectivity index (χ2v) is 6.09. The highest BCUT2D eigenvalue weighted by Gasteiger charge is 2.16. The summed E-state index contributed by atoms with van der Waals surface area (Å²) >= 11 is 6.04. The van der Waals surface area contributed by atoms with Crippen LogP contribution in [0.2, 0.25) is 5.28 Å². The molecule has 1 N–H and O–H groups in total. The summed E-state index contributed by atoms with van der Waals surface area (Å²) in [5.74, 6) is 1.30. The molecule has 2 aliphatic rings. The van der Waals surface area contributed by atoms with Gasteiger partial charge in [-0.2, -0.15) is 15.0 Å². The molecular weight excluding hydrogens is 288 g/mol. The highest BCUT2D eigenvalue weighted by atomic mass is 35.5. The van der Waals surface area contributed by atoms with Crippen LogP contribution in [0.4, 0.5) is 11.9 Å². The Morgan fingerprint density at radius 1 is 0.905 bits per heavy atom. The number of aromatic nitrogens is 3. The quantitative estimate of drug-likeness (QED) is 0.898. The van der Waals surface area contributed by atoms with Gasteiger partial charge in [0.2, 0.25) is 17.2 Å². The van der Waals surface area contributed by atoms with Crippen molar-refractivity contribution in [3.63, 3.8) is 0 Å². The Hall–Kier alpha value is -1.14. The standard InChI is InChI=1S/C14H23ClN6/c15-12-17-13(16-6-11-20-7-4-5-8-20)19-14(18-12)21-9-2-1-3-10-21/h1-11H2,(H,16,17,18,19). The molecule has 3 rings (SSSR count). The van der Waals surface area contributed by atoms with E-state index in [2.05, 4.69) is 30.1 Å². The summed E-state index contributed by atoms with van der Waals surface area (Å²) in [7, 11) is 0. The third kappa shape index (κ3) is 4.17. The fraction of sp³-hybridized carbons (Fsp3) is 0.786.